The van der Waals surface area contributed by atoms with Gasteiger partial charge in [-0.15, -0.1) is 0 Å². The minimum Gasteiger partial charge on any atom is -0.505 e. The van der Waals surface area contributed by atoms with Crippen molar-refractivity contribution in [2.45, 2.75) is 6.42 Å². The van der Waals surface area contributed by atoms with E-state index in [9.17, 15) is 9.90 Å². The van der Waals surface area contributed by atoms with Gasteiger partial charge in [0.2, 0.25) is 0 Å². The van der Waals surface area contributed by atoms with Crippen LogP contribution in [0.1, 0.15) is 16.8 Å². The van der Waals surface area contributed by atoms with Gasteiger partial charge in [0.05, 0.1) is 24.8 Å². The number of hydrogen-bond acceptors (Lipinski definition) is 5. The number of ketones is 1. The molecule has 1 aliphatic heterocycles. The van der Waals surface area contributed by atoms with E-state index in [1.54, 1.807) is 0 Å². The van der Waals surface area contributed by atoms with Gasteiger partial charge in [0, 0.05) is 12.5 Å². The Kier molecular flexibility index (Phi) is 3.40. The SMILES string of the molecule is NCC(=O)c1c(O)c(Cl)cc2c1OCCCO2. The Bertz CT molecular complexity index is 461. The molecule has 0 spiro atoms. The van der Waals surface area contributed by atoms with Crippen LogP contribution in [0.4, 0.5) is 0 Å². The van der Waals surface area contributed by atoms with E-state index in [1.165, 1.54) is 6.07 Å². The molecule has 1 aliphatic rings. The summed E-state index contributed by atoms with van der Waals surface area (Å²) in [6, 6.07) is 1.44. The van der Waals surface area contributed by atoms with Gasteiger partial charge in [0.15, 0.2) is 17.3 Å². The van der Waals surface area contributed by atoms with Gasteiger partial charge in [-0.25, -0.2) is 0 Å². The molecule has 0 atom stereocenters. The van der Waals surface area contributed by atoms with Gasteiger partial charge in [0.25, 0.3) is 0 Å². The first-order valence-corrected chi connectivity index (χ1v) is 5.57. The van der Waals surface area contributed by atoms with Gasteiger partial charge in [0.1, 0.15) is 11.3 Å². The van der Waals surface area contributed by atoms with Crippen molar-refractivity contribution in [3.63, 3.8) is 0 Å². The van der Waals surface area contributed by atoms with Crippen LogP contribution in [0.2, 0.25) is 5.02 Å². The summed E-state index contributed by atoms with van der Waals surface area (Å²) in [5.41, 5.74) is 5.29. The van der Waals surface area contributed by atoms with Crippen molar-refractivity contribution < 1.29 is 19.4 Å². The molecule has 5 nitrogen and oxygen atoms in total. The second-order valence-corrected chi connectivity index (χ2v) is 3.99. The molecule has 6 heteroatoms. The van der Waals surface area contributed by atoms with Gasteiger partial charge in [-0.2, -0.15) is 0 Å². The zero-order chi connectivity index (χ0) is 12.4. The maximum absolute atomic E-state index is 11.7. The number of ether oxygens (including phenoxy) is 2. The average molecular weight is 258 g/mol. The van der Waals surface area contributed by atoms with E-state index in [4.69, 9.17) is 26.8 Å². The van der Waals surface area contributed by atoms with E-state index in [0.29, 0.717) is 25.4 Å². The van der Waals surface area contributed by atoms with Crippen LogP contribution in [-0.2, 0) is 0 Å². The number of Topliss-reactive ketones (excluding diaryl/α,β-unsaturated/α-hetero) is 1. The normalized spacial score (nSPS) is 14.2. The molecular formula is C11H12ClNO4. The van der Waals surface area contributed by atoms with Gasteiger partial charge in [-0.05, 0) is 0 Å². The first-order valence-electron chi connectivity index (χ1n) is 5.19. The molecule has 1 aromatic rings. The highest BCUT2D eigenvalue weighted by molar-refractivity contribution is 6.33. The van der Waals surface area contributed by atoms with Crippen molar-refractivity contribution in [3.8, 4) is 17.2 Å². The first-order chi connectivity index (χ1) is 8.15. The lowest BCUT2D eigenvalue weighted by Crippen LogP contribution is -2.15. The van der Waals surface area contributed by atoms with Crippen molar-refractivity contribution in [3.05, 3.63) is 16.7 Å². The Morgan fingerprint density at radius 2 is 2.18 bits per heavy atom. The molecule has 92 valence electrons. The fourth-order valence-corrected chi connectivity index (χ4v) is 1.82. The van der Waals surface area contributed by atoms with Gasteiger partial charge in [-0.3, -0.25) is 4.79 Å². The fourth-order valence-electron chi connectivity index (χ4n) is 1.63. The lowest BCUT2D eigenvalue weighted by atomic mass is 10.1. The van der Waals surface area contributed by atoms with Crippen molar-refractivity contribution in [1.82, 2.24) is 0 Å². The Morgan fingerprint density at radius 1 is 1.47 bits per heavy atom. The molecule has 0 bridgehead atoms. The predicted molar refractivity (Wildman–Crippen MR) is 62.1 cm³/mol. The second-order valence-electron chi connectivity index (χ2n) is 3.59. The molecule has 0 aliphatic carbocycles. The highest BCUT2D eigenvalue weighted by Crippen LogP contribution is 2.43. The molecule has 3 N–H and O–H groups in total. The third kappa shape index (κ3) is 2.16. The van der Waals surface area contributed by atoms with Crippen LogP contribution in [0.5, 0.6) is 17.2 Å². The minimum atomic E-state index is -0.438. The van der Waals surface area contributed by atoms with Crippen LogP contribution in [0.25, 0.3) is 0 Å². The number of rotatable bonds is 2. The predicted octanol–water partition coefficient (Wildman–Crippen LogP) is 1.35. The van der Waals surface area contributed by atoms with Crippen molar-refractivity contribution in [2.24, 2.45) is 5.73 Å². The van der Waals surface area contributed by atoms with Crippen LogP contribution in [0.15, 0.2) is 6.07 Å². The maximum atomic E-state index is 11.7. The van der Waals surface area contributed by atoms with Crippen LogP contribution in [0.3, 0.4) is 0 Å². The maximum Gasteiger partial charge on any atom is 0.184 e. The smallest absolute Gasteiger partial charge is 0.184 e. The molecular weight excluding hydrogens is 246 g/mol. The summed E-state index contributed by atoms with van der Waals surface area (Å²) in [6.45, 7) is 0.660. The monoisotopic (exact) mass is 257 g/mol. The first kappa shape index (κ1) is 12.0. The quantitative estimate of drug-likeness (QED) is 0.782. The largest absolute Gasteiger partial charge is 0.505 e. The summed E-state index contributed by atoms with van der Waals surface area (Å²) in [7, 11) is 0. The minimum absolute atomic E-state index is 0.00287. The van der Waals surface area contributed by atoms with Gasteiger partial charge >= 0.3 is 0 Å². The van der Waals surface area contributed by atoms with Gasteiger partial charge < -0.3 is 20.3 Å². The zero-order valence-corrected chi connectivity index (χ0v) is 9.79. The Labute approximate surface area is 103 Å². The van der Waals surface area contributed by atoms with Gasteiger partial charge in [-0.1, -0.05) is 11.6 Å². The topological polar surface area (TPSA) is 81.8 Å². The van der Waals surface area contributed by atoms with Crippen LogP contribution in [-0.4, -0.2) is 30.6 Å². The molecule has 0 radical (unpaired) electrons. The number of carbonyl (C=O) groups is 1. The summed E-state index contributed by atoms with van der Waals surface area (Å²) in [5.74, 6) is -0.167. The summed E-state index contributed by atoms with van der Waals surface area (Å²) >= 11 is 5.83. The van der Waals surface area contributed by atoms with E-state index >= 15 is 0 Å². The number of halogens is 1. The Hall–Kier alpha value is -1.46. The number of fused-ring (bicyclic) bond motifs is 1. The number of nitrogens with two attached hydrogens (primary N) is 1. The lowest BCUT2D eigenvalue weighted by Gasteiger charge is -2.13. The zero-order valence-electron chi connectivity index (χ0n) is 9.03. The summed E-state index contributed by atoms with van der Waals surface area (Å²) in [6.07, 6.45) is 0.698. The molecule has 0 amide bonds. The molecule has 0 fully saturated rings. The van der Waals surface area contributed by atoms with E-state index < -0.39 is 5.78 Å². The molecule has 0 unspecified atom stereocenters. The van der Waals surface area contributed by atoms with Crippen LogP contribution < -0.4 is 15.2 Å². The van der Waals surface area contributed by atoms with E-state index in [1.807, 2.05) is 0 Å². The van der Waals surface area contributed by atoms with Crippen molar-refractivity contribution in [2.75, 3.05) is 19.8 Å². The number of hydrogen-bond donors (Lipinski definition) is 2. The molecule has 1 aromatic carbocycles. The molecule has 0 aromatic heterocycles. The third-order valence-electron chi connectivity index (χ3n) is 2.43. The van der Waals surface area contributed by atoms with Crippen molar-refractivity contribution >= 4 is 17.4 Å². The fraction of sp³-hybridized carbons (Fsp3) is 0.364. The molecule has 0 saturated heterocycles. The standard InChI is InChI=1S/C11H12ClNO4/c12-6-4-8-11(17-3-1-2-16-8)9(10(6)15)7(14)5-13/h4,15H,1-3,5,13H2. The second kappa shape index (κ2) is 4.81. The average Bonchev–Trinajstić information content (AvgIpc) is 2.55. The molecule has 1 heterocycles. The molecule has 17 heavy (non-hydrogen) atoms. The molecule has 2 rings (SSSR count). The number of aromatic hydroxyl groups is 1. The highest BCUT2D eigenvalue weighted by atomic mass is 35.5. The van der Waals surface area contributed by atoms with Crippen LogP contribution in [0, 0.1) is 0 Å². The van der Waals surface area contributed by atoms with Crippen LogP contribution >= 0.6 is 11.6 Å². The van der Waals surface area contributed by atoms with E-state index in [0.717, 1.165) is 0 Å². The Balaban J connectivity index is 2.61. The third-order valence-corrected chi connectivity index (χ3v) is 2.72. The number of phenols is 1. The summed E-state index contributed by atoms with van der Waals surface area (Å²) < 4.78 is 10.8. The van der Waals surface area contributed by atoms with Crippen molar-refractivity contribution in [1.29, 1.82) is 0 Å². The Morgan fingerprint density at radius 3 is 2.88 bits per heavy atom. The number of phenolic OH excluding ortho intramolecular Hbond substituents is 1. The summed E-state index contributed by atoms with van der Waals surface area (Å²) in [5, 5.41) is 9.85. The lowest BCUT2D eigenvalue weighted by molar-refractivity contribution is 0.0994. The highest BCUT2D eigenvalue weighted by Gasteiger charge is 2.25. The van der Waals surface area contributed by atoms with E-state index in [2.05, 4.69) is 0 Å². The number of carbonyl (C=O) groups excluding carboxylic acids is 1. The summed E-state index contributed by atoms with van der Waals surface area (Å²) in [4.78, 5) is 11.7. The number of benzene rings is 1. The molecule has 0 saturated carbocycles. The van der Waals surface area contributed by atoms with E-state index in [-0.39, 0.29) is 28.6 Å².